The Kier molecular flexibility index (Phi) is 8.99. The summed E-state index contributed by atoms with van der Waals surface area (Å²) in [4.78, 5) is 27.8. The summed E-state index contributed by atoms with van der Waals surface area (Å²) in [5.41, 5.74) is 2.09. The average molecular weight is 479 g/mol. The van der Waals surface area contributed by atoms with E-state index in [0.717, 1.165) is 16.7 Å². The number of carbonyl (C=O) groups is 2. The predicted molar refractivity (Wildman–Crippen MR) is 130 cm³/mol. The minimum Gasteiger partial charge on any atom is -0.484 e. The van der Waals surface area contributed by atoms with Gasteiger partial charge in [0, 0.05) is 22.1 Å². The lowest BCUT2D eigenvalue weighted by Gasteiger charge is -2.33. The Morgan fingerprint density at radius 1 is 1.09 bits per heavy atom. The molecule has 0 radical (unpaired) electrons. The molecule has 0 fully saturated rings. The summed E-state index contributed by atoms with van der Waals surface area (Å²) in [5, 5.41) is 4.20. The van der Waals surface area contributed by atoms with Gasteiger partial charge in [0.1, 0.15) is 11.8 Å². The smallest absolute Gasteiger partial charge is 0.261 e. The Morgan fingerprint density at radius 2 is 1.69 bits per heavy atom. The van der Waals surface area contributed by atoms with Gasteiger partial charge < -0.3 is 15.0 Å². The molecule has 1 N–H and O–H groups in total. The van der Waals surface area contributed by atoms with Crippen LogP contribution in [0.4, 0.5) is 0 Å². The van der Waals surface area contributed by atoms with Crippen LogP contribution in [-0.4, -0.2) is 34.9 Å². The van der Waals surface area contributed by atoms with Gasteiger partial charge in [-0.3, -0.25) is 9.59 Å². The monoisotopic (exact) mass is 478 g/mol. The molecule has 0 saturated carbocycles. The molecule has 0 unspecified atom stereocenters. The van der Waals surface area contributed by atoms with Gasteiger partial charge in [-0.05, 0) is 75.9 Å². The Bertz CT molecular complexity index is 947. The summed E-state index contributed by atoms with van der Waals surface area (Å²) in [6.45, 7) is 11.4. The van der Waals surface area contributed by atoms with E-state index in [-0.39, 0.29) is 25.0 Å². The Labute approximate surface area is 201 Å². The van der Waals surface area contributed by atoms with Crippen LogP contribution in [0.15, 0.2) is 36.4 Å². The Morgan fingerprint density at radius 3 is 2.22 bits per heavy atom. The van der Waals surface area contributed by atoms with E-state index in [0.29, 0.717) is 22.2 Å². The highest BCUT2D eigenvalue weighted by molar-refractivity contribution is 6.32. The van der Waals surface area contributed by atoms with Crippen molar-refractivity contribution < 1.29 is 14.3 Å². The average Bonchev–Trinajstić information content (AvgIpc) is 2.70. The molecule has 0 aliphatic carbocycles. The largest absolute Gasteiger partial charge is 0.484 e. The zero-order valence-corrected chi connectivity index (χ0v) is 21.1. The van der Waals surface area contributed by atoms with Gasteiger partial charge in [0.15, 0.2) is 6.61 Å². The van der Waals surface area contributed by atoms with Gasteiger partial charge in [-0.25, -0.2) is 0 Å². The van der Waals surface area contributed by atoms with Gasteiger partial charge in [0.2, 0.25) is 5.91 Å². The zero-order chi connectivity index (χ0) is 24.1. The van der Waals surface area contributed by atoms with E-state index in [9.17, 15) is 9.59 Å². The molecule has 2 aromatic carbocycles. The van der Waals surface area contributed by atoms with Crippen molar-refractivity contribution >= 4 is 35.0 Å². The van der Waals surface area contributed by atoms with Crippen LogP contribution in [0.5, 0.6) is 5.75 Å². The molecule has 0 spiro atoms. The number of nitrogens with one attached hydrogen (secondary N) is 1. The van der Waals surface area contributed by atoms with Crippen molar-refractivity contribution in [3.8, 4) is 5.75 Å². The van der Waals surface area contributed by atoms with Gasteiger partial charge in [-0.1, -0.05) is 48.3 Å². The quantitative estimate of drug-likeness (QED) is 0.528. The summed E-state index contributed by atoms with van der Waals surface area (Å²) in [6, 6.07) is 10.2. The molecule has 1 atom stereocenters. The lowest BCUT2D eigenvalue weighted by atomic mass is 10.1. The van der Waals surface area contributed by atoms with E-state index in [1.807, 2.05) is 59.7 Å². The van der Waals surface area contributed by atoms with Crippen molar-refractivity contribution in [3.63, 3.8) is 0 Å². The van der Waals surface area contributed by atoms with Crippen LogP contribution in [-0.2, 0) is 16.1 Å². The highest BCUT2D eigenvalue weighted by Gasteiger charge is 2.31. The standard InChI is InChI=1S/C25H32Cl2N2O3/c1-7-21(24(31)28-25(4,5)6)29(14-18-10-8-9-11-20(18)26)22(30)15-32-19-12-16(2)23(27)17(3)13-19/h8-13,21H,7,14-15H2,1-6H3,(H,28,31)/t21-/m1/s1. The number of rotatable bonds is 8. The third-order valence-electron chi connectivity index (χ3n) is 4.95. The molecule has 5 nitrogen and oxygen atoms in total. The first-order valence-corrected chi connectivity index (χ1v) is 11.4. The summed E-state index contributed by atoms with van der Waals surface area (Å²) in [6.07, 6.45) is 0.456. The van der Waals surface area contributed by atoms with Crippen LogP contribution in [0.1, 0.15) is 50.8 Å². The van der Waals surface area contributed by atoms with Gasteiger partial charge in [-0.15, -0.1) is 0 Å². The fourth-order valence-electron chi connectivity index (χ4n) is 3.40. The van der Waals surface area contributed by atoms with Crippen molar-refractivity contribution in [1.29, 1.82) is 0 Å². The van der Waals surface area contributed by atoms with Gasteiger partial charge in [0.05, 0.1) is 0 Å². The SMILES string of the molecule is CC[C@H](C(=O)NC(C)(C)C)N(Cc1ccccc1Cl)C(=O)COc1cc(C)c(Cl)c(C)c1. The second kappa shape index (κ2) is 11.1. The fraction of sp³-hybridized carbons (Fsp3) is 0.440. The van der Waals surface area contributed by atoms with Gasteiger partial charge >= 0.3 is 0 Å². The van der Waals surface area contributed by atoms with Gasteiger partial charge in [-0.2, -0.15) is 0 Å². The number of carbonyl (C=O) groups excluding carboxylic acids is 2. The third kappa shape index (κ3) is 7.14. The molecule has 2 aromatic rings. The first-order chi connectivity index (χ1) is 14.9. The third-order valence-corrected chi connectivity index (χ3v) is 5.92. The lowest BCUT2D eigenvalue weighted by Crippen LogP contribution is -2.54. The van der Waals surface area contributed by atoms with E-state index < -0.39 is 11.6 Å². The molecule has 0 saturated heterocycles. The maximum atomic E-state index is 13.3. The van der Waals surface area contributed by atoms with Crippen molar-refractivity contribution in [3.05, 3.63) is 63.1 Å². The number of amides is 2. The molecule has 0 aliphatic heterocycles. The van der Waals surface area contributed by atoms with Crippen molar-refractivity contribution in [2.75, 3.05) is 6.61 Å². The molecule has 0 aromatic heterocycles. The molecule has 174 valence electrons. The summed E-state index contributed by atoms with van der Waals surface area (Å²) in [7, 11) is 0. The van der Waals surface area contributed by atoms with Crippen LogP contribution in [0.3, 0.4) is 0 Å². The molecule has 0 aliphatic rings. The van der Waals surface area contributed by atoms with E-state index in [1.165, 1.54) is 4.90 Å². The van der Waals surface area contributed by atoms with Crippen LogP contribution in [0.25, 0.3) is 0 Å². The minimum absolute atomic E-state index is 0.204. The predicted octanol–water partition coefficient (Wildman–Crippen LogP) is 5.71. The first-order valence-electron chi connectivity index (χ1n) is 10.7. The summed E-state index contributed by atoms with van der Waals surface area (Å²) < 4.78 is 5.79. The molecule has 2 amide bonds. The zero-order valence-electron chi connectivity index (χ0n) is 19.6. The number of benzene rings is 2. The van der Waals surface area contributed by atoms with E-state index >= 15 is 0 Å². The Balaban J connectivity index is 2.28. The topological polar surface area (TPSA) is 58.6 Å². The van der Waals surface area contributed by atoms with E-state index in [4.69, 9.17) is 27.9 Å². The molecule has 0 bridgehead atoms. The minimum atomic E-state index is -0.657. The maximum absolute atomic E-state index is 13.3. The van der Waals surface area contributed by atoms with E-state index in [1.54, 1.807) is 18.2 Å². The van der Waals surface area contributed by atoms with Crippen LogP contribution in [0.2, 0.25) is 10.0 Å². The number of nitrogens with zero attached hydrogens (tertiary/aromatic N) is 1. The van der Waals surface area contributed by atoms with Crippen molar-refractivity contribution in [2.45, 2.75) is 66.1 Å². The summed E-state index contributed by atoms with van der Waals surface area (Å²) in [5.74, 6) is 0.0484. The summed E-state index contributed by atoms with van der Waals surface area (Å²) >= 11 is 12.6. The number of ether oxygens (including phenoxy) is 1. The maximum Gasteiger partial charge on any atom is 0.261 e. The highest BCUT2D eigenvalue weighted by atomic mass is 35.5. The molecule has 32 heavy (non-hydrogen) atoms. The second-order valence-electron chi connectivity index (χ2n) is 8.94. The van der Waals surface area contributed by atoms with Crippen LogP contribution < -0.4 is 10.1 Å². The fourth-order valence-corrected chi connectivity index (χ4v) is 3.70. The number of aryl methyl sites for hydroxylation is 2. The highest BCUT2D eigenvalue weighted by Crippen LogP contribution is 2.26. The van der Waals surface area contributed by atoms with Crippen LogP contribution >= 0.6 is 23.2 Å². The number of halogens is 2. The lowest BCUT2D eigenvalue weighted by molar-refractivity contribution is -0.143. The number of hydrogen-bond acceptors (Lipinski definition) is 3. The Hall–Kier alpha value is -2.24. The normalized spacial score (nSPS) is 12.2. The van der Waals surface area contributed by atoms with Crippen molar-refractivity contribution in [1.82, 2.24) is 10.2 Å². The molecule has 2 rings (SSSR count). The van der Waals surface area contributed by atoms with Gasteiger partial charge in [0.25, 0.3) is 5.91 Å². The molecule has 0 heterocycles. The first kappa shape index (κ1) is 26.0. The molecular weight excluding hydrogens is 447 g/mol. The second-order valence-corrected chi connectivity index (χ2v) is 9.72. The van der Waals surface area contributed by atoms with E-state index in [2.05, 4.69) is 5.32 Å². The number of hydrogen-bond donors (Lipinski definition) is 1. The molecular formula is C25H32Cl2N2O3. The van der Waals surface area contributed by atoms with Crippen molar-refractivity contribution in [2.24, 2.45) is 0 Å². The van der Waals surface area contributed by atoms with Crippen LogP contribution in [0, 0.1) is 13.8 Å². The molecule has 7 heteroatoms.